The molecule has 1 unspecified atom stereocenters. The maximum Gasteiger partial charge on any atom is 0.207 e. The van der Waals surface area contributed by atoms with Gasteiger partial charge in [0.25, 0.3) is 0 Å². The predicted octanol–water partition coefficient (Wildman–Crippen LogP) is 4.66. The molecular weight excluding hydrogens is 350 g/mol. The van der Waals surface area contributed by atoms with Crippen molar-refractivity contribution in [1.29, 1.82) is 0 Å². The molecular formula is C23H29N3O2. The van der Waals surface area contributed by atoms with E-state index in [9.17, 15) is 4.79 Å². The molecule has 5 nitrogen and oxygen atoms in total. The normalized spacial score (nSPS) is 12.1. The van der Waals surface area contributed by atoms with E-state index in [4.69, 9.17) is 4.74 Å². The van der Waals surface area contributed by atoms with Crippen LogP contribution in [0.5, 0.6) is 5.75 Å². The molecule has 0 fully saturated rings. The molecule has 1 N–H and O–H groups in total. The zero-order chi connectivity index (χ0) is 19.8. The number of ether oxygens (including phenoxy) is 1. The molecule has 0 aliphatic carbocycles. The highest BCUT2D eigenvalue weighted by atomic mass is 16.5. The number of benzene rings is 2. The molecule has 0 aliphatic rings. The van der Waals surface area contributed by atoms with Crippen molar-refractivity contribution in [2.45, 2.75) is 52.1 Å². The lowest BCUT2D eigenvalue weighted by Gasteiger charge is -2.11. The molecule has 0 aliphatic heterocycles. The summed E-state index contributed by atoms with van der Waals surface area (Å²) in [6, 6.07) is 16.5. The van der Waals surface area contributed by atoms with Crippen LogP contribution in [-0.4, -0.2) is 22.6 Å². The van der Waals surface area contributed by atoms with E-state index >= 15 is 0 Å². The maximum absolute atomic E-state index is 10.6. The van der Waals surface area contributed by atoms with Gasteiger partial charge in [0.05, 0.1) is 24.2 Å². The van der Waals surface area contributed by atoms with Gasteiger partial charge in [-0.15, -0.1) is 0 Å². The van der Waals surface area contributed by atoms with Crippen LogP contribution in [0.1, 0.15) is 50.4 Å². The molecule has 1 amide bonds. The van der Waals surface area contributed by atoms with Crippen molar-refractivity contribution >= 4 is 17.4 Å². The third kappa shape index (κ3) is 4.91. The Morgan fingerprint density at radius 1 is 1.14 bits per heavy atom. The molecule has 0 saturated carbocycles. The van der Waals surface area contributed by atoms with Gasteiger partial charge in [-0.25, -0.2) is 4.98 Å². The van der Waals surface area contributed by atoms with Crippen LogP contribution in [-0.2, 0) is 17.9 Å². The fraction of sp³-hybridized carbons (Fsp3) is 0.391. The molecule has 2 aromatic carbocycles. The molecule has 148 valence electrons. The molecule has 5 heteroatoms. The lowest BCUT2D eigenvalue weighted by Crippen LogP contribution is -2.15. The Bertz CT molecular complexity index is 887. The molecule has 0 saturated heterocycles. The molecule has 1 aromatic heterocycles. The van der Waals surface area contributed by atoms with Crippen LogP contribution in [0.3, 0.4) is 0 Å². The molecule has 1 atom stereocenters. The monoisotopic (exact) mass is 379 g/mol. The Labute approximate surface area is 166 Å². The summed E-state index contributed by atoms with van der Waals surface area (Å²) in [5.74, 6) is 2.40. The van der Waals surface area contributed by atoms with Crippen molar-refractivity contribution in [2.75, 3.05) is 6.61 Å². The molecule has 3 rings (SSSR count). The summed E-state index contributed by atoms with van der Waals surface area (Å²) in [7, 11) is 0. The van der Waals surface area contributed by atoms with Gasteiger partial charge in [-0.1, -0.05) is 38.1 Å². The summed E-state index contributed by atoms with van der Waals surface area (Å²) < 4.78 is 8.08. The summed E-state index contributed by atoms with van der Waals surface area (Å²) in [4.78, 5) is 15.3. The van der Waals surface area contributed by atoms with Gasteiger partial charge in [-0.2, -0.15) is 0 Å². The lowest BCUT2D eigenvalue weighted by atomic mass is 9.99. The summed E-state index contributed by atoms with van der Waals surface area (Å²) in [5.41, 5.74) is 3.42. The van der Waals surface area contributed by atoms with Crippen LogP contribution >= 0.6 is 0 Å². The first-order chi connectivity index (χ1) is 13.7. The smallest absolute Gasteiger partial charge is 0.207 e. The summed E-state index contributed by atoms with van der Waals surface area (Å²) in [6.45, 7) is 6.44. The number of carbonyl (C=O) groups excluding carboxylic acids is 1. The second-order valence-corrected chi connectivity index (χ2v) is 7.10. The average molecular weight is 380 g/mol. The van der Waals surface area contributed by atoms with Crippen LogP contribution in [0, 0.1) is 0 Å². The number of imidazole rings is 1. The Morgan fingerprint density at radius 2 is 1.93 bits per heavy atom. The van der Waals surface area contributed by atoms with Crippen molar-refractivity contribution in [3.8, 4) is 5.75 Å². The number of hydrogen-bond donors (Lipinski definition) is 1. The highest BCUT2D eigenvalue weighted by Crippen LogP contribution is 2.22. The van der Waals surface area contributed by atoms with Crippen LogP contribution in [0.15, 0.2) is 48.5 Å². The molecule has 3 aromatic rings. The van der Waals surface area contributed by atoms with Crippen LogP contribution < -0.4 is 10.1 Å². The number of rotatable bonds is 11. The maximum atomic E-state index is 10.6. The second kappa shape index (κ2) is 9.93. The van der Waals surface area contributed by atoms with E-state index in [1.54, 1.807) is 0 Å². The van der Waals surface area contributed by atoms with E-state index in [2.05, 4.69) is 59.0 Å². The van der Waals surface area contributed by atoms with Crippen LogP contribution in [0.2, 0.25) is 0 Å². The third-order valence-corrected chi connectivity index (χ3v) is 5.18. The van der Waals surface area contributed by atoms with Crippen molar-refractivity contribution in [1.82, 2.24) is 14.9 Å². The predicted molar refractivity (Wildman–Crippen MR) is 113 cm³/mol. The zero-order valence-electron chi connectivity index (χ0n) is 16.7. The third-order valence-electron chi connectivity index (χ3n) is 5.18. The first-order valence-electron chi connectivity index (χ1n) is 10.1. The molecule has 0 bridgehead atoms. The number of fused-ring (bicyclic) bond motifs is 1. The van der Waals surface area contributed by atoms with Gasteiger partial charge in [0.2, 0.25) is 6.41 Å². The van der Waals surface area contributed by atoms with Crippen molar-refractivity contribution in [3.63, 3.8) is 0 Å². The topological polar surface area (TPSA) is 56.1 Å². The van der Waals surface area contributed by atoms with Crippen molar-refractivity contribution in [3.05, 3.63) is 59.9 Å². The minimum atomic E-state index is 0.442. The van der Waals surface area contributed by atoms with E-state index in [1.165, 1.54) is 5.56 Å². The van der Waals surface area contributed by atoms with Gasteiger partial charge < -0.3 is 14.6 Å². The summed E-state index contributed by atoms with van der Waals surface area (Å²) in [5, 5.41) is 2.72. The second-order valence-electron chi connectivity index (χ2n) is 7.10. The Hall–Kier alpha value is -2.82. The number of nitrogens with one attached hydrogen (secondary N) is 1. The fourth-order valence-corrected chi connectivity index (χ4v) is 3.33. The lowest BCUT2D eigenvalue weighted by molar-refractivity contribution is -0.109. The molecule has 0 spiro atoms. The van der Waals surface area contributed by atoms with E-state index in [0.717, 1.165) is 48.4 Å². The van der Waals surface area contributed by atoms with Crippen molar-refractivity contribution in [2.24, 2.45) is 0 Å². The Balaban J connectivity index is 1.52. The SMILES string of the molecule is CCC(C)c1ccc(OCCCCn2c(CNC=O)nc3ccccc32)cc1. The van der Waals surface area contributed by atoms with Gasteiger partial charge >= 0.3 is 0 Å². The quantitative estimate of drug-likeness (QED) is 0.389. The summed E-state index contributed by atoms with van der Waals surface area (Å²) >= 11 is 0. The zero-order valence-corrected chi connectivity index (χ0v) is 16.7. The highest BCUT2D eigenvalue weighted by Gasteiger charge is 2.09. The molecule has 0 radical (unpaired) electrons. The minimum Gasteiger partial charge on any atom is -0.494 e. The number of aryl methyl sites for hydroxylation is 1. The minimum absolute atomic E-state index is 0.442. The standard InChI is InChI=1S/C23H29N3O2/c1-3-18(2)19-10-12-20(13-11-19)28-15-7-6-14-26-22-9-5-4-8-21(22)25-23(26)16-24-17-27/h4-5,8-13,17-18H,3,6-7,14-16H2,1-2H3,(H,24,27). The van der Waals surface area contributed by atoms with Gasteiger partial charge in [0.1, 0.15) is 11.6 Å². The number of amides is 1. The Morgan fingerprint density at radius 3 is 2.68 bits per heavy atom. The Kier molecular flexibility index (Phi) is 7.06. The van der Waals surface area contributed by atoms with E-state index in [1.807, 2.05) is 18.2 Å². The largest absolute Gasteiger partial charge is 0.494 e. The average Bonchev–Trinajstić information content (AvgIpc) is 3.09. The summed E-state index contributed by atoms with van der Waals surface area (Å²) in [6.07, 6.45) is 3.80. The van der Waals surface area contributed by atoms with Gasteiger partial charge in [-0.05, 0) is 55.0 Å². The van der Waals surface area contributed by atoms with Crippen LogP contribution in [0.25, 0.3) is 11.0 Å². The van der Waals surface area contributed by atoms with Crippen molar-refractivity contribution < 1.29 is 9.53 Å². The van der Waals surface area contributed by atoms with E-state index in [-0.39, 0.29) is 0 Å². The molecule has 1 heterocycles. The van der Waals surface area contributed by atoms with E-state index in [0.29, 0.717) is 25.5 Å². The number of hydrogen-bond acceptors (Lipinski definition) is 3. The number of para-hydroxylation sites is 2. The first-order valence-corrected chi connectivity index (χ1v) is 10.1. The number of nitrogens with zero attached hydrogens (tertiary/aromatic N) is 2. The van der Waals surface area contributed by atoms with Crippen LogP contribution in [0.4, 0.5) is 0 Å². The number of carbonyl (C=O) groups is 1. The fourth-order valence-electron chi connectivity index (χ4n) is 3.33. The first kappa shape index (κ1) is 19.9. The van der Waals surface area contributed by atoms with E-state index < -0.39 is 0 Å². The van der Waals surface area contributed by atoms with Gasteiger partial charge in [-0.3, -0.25) is 4.79 Å². The van der Waals surface area contributed by atoms with Gasteiger partial charge in [0.15, 0.2) is 0 Å². The number of unbranched alkanes of at least 4 members (excludes halogenated alkanes) is 1. The number of aromatic nitrogens is 2. The van der Waals surface area contributed by atoms with Gasteiger partial charge in [0, 0.05) is 6.54 Å². The highest BCUT2D eigenvalue weighted by molar-refractivity contribution is 5.75. The molecule has 28 heavy (non-hydrogen) atoms.